The Morgan fingerprint density at radius 1 is 1.08 bits per heavy atom. The molecule has 9 nitrogen and oxygen atoms in total. The average molecular weight is 535 g/mol. The van der Waals surface area contributed by atoms with Gasteiger partial charge in [-0.2, -0.15) is 0 Å². The first kappa shape index (κ1) is 28.1. The first-order valence-electron chi connectivity index (χ1n) is 11.9. The molecule has 1 heterocycles. The fraction of sp³-hybridized carbons (Fsp3) is 0.423. The molecule has 0 saturated heterocycles. The highest BCUT2D eigenvalue weighted by molar-refractivity contribution is 7.90. The Bertz CT molecular complexity index is 1340. The minimum atomic E-state index is -3.69. The van der Waals surface area contributed by atoms with Crippen LogP contribution in [0, 0.1) is 5.82 Å². The summed E-state index contributed by atoms with van der Waals surface area (Å²) in [6.45, 7) is 5.22. The maximum Gasteiger partial charge on any atom is 0.262 e. The Morgan fingerprint density at radius 2 is 1.76 bits per heavy atom. The van der Waals surface area contributed by atoms with Gasteiger partial charge in [-0.1, -0.05) is 19.9 Å². The molecule has 1 N–H and O–H groups in total. The predicted octanol–water partition coefficient (Wildman–Crippen LogP) is 3.20. The number of nitrogens with zero attached hydrogens (tertiary/aromatic N) is 1. The zero-order chi connectivity index (χ0) is 27.5. The minimum Gasteiger partial charge on any atom is -0.493 e. The van der Waals surface area contributed by atoms with E-state index in [1.807, 2.05) is 0 Å². The van der Waals surface area contributed by atoms with Crippen LogP contribution in [-0.4, -0.2) is 56.8 Å². The standard InChI is InChI=1S/C26H31FN2O7S/c1-6-17-18(27)11-16(13-28-22(30)7-2)23-24(17)26(32)29(25(23)31)19(14-37(5,33)34)15-9-10-20(35-4)21(12-15)36-8-3/h9-12,19H,6-8,13-14H2,1-5H3,(H,28,30)/t19-/m1/s1. The molecule has 0 radical (unpaired) electrons. The van der Waals surface area contributed by atoms with Gasteiger partial charge in [-0.3, -0.25) is 19.3 Å². The third-order valence-corrected chi connectivity index (χ3v) is 7.04. The fourth-order valence-corrected chi connectivity index (χ4v) is 5.33. The van der Waals surface area contributed by atoms with E-state index in [2.05, 4.69) is 5.32 Å². The van der Waals surface area contributed by atoms with Gasteiger partial charge in [0.25, 0.3) is 11.8 Å². The Morgan fingerprint density at radius 3 is 2.32 bits per heavy atom. The van der Waals surface area contributed by atoms with E-state index in [0.29, 0.717) is 23.7 Å². The second-order valence-electron chi connectivity index (χ2n) is 8.66. The fourth-order valence-electron chi connectivity index (χ4n) is 4.42. The molecule has 0 bridgehead atoms. The van der Waals surface area contributed by atoms with Crippen molar-refractivity contribution in [3.05, 3.63) is 57.9 Å². The summed E-state index contributed by atoms with van der Waals surface area (Å²) < 4.78 is 50.8. The molecule has 11 heteroatoms. The van der Waals surface area contributed by atoms with Gasteiger partial charge in [-0.05, 0) is 42.7 Å². The molecule has 0 unspecified atom stereocenters. The highest BCUT2D eigenvalue weighted by atomic mass is 32.2. The summed E-state index contributed by atoms with van der Waals surface area (Å²) >= 11 is 0. The number of benzene rings is 2. The molecule has 0 aromatic heterocycles. The number of hydrogen-bond donors (Lipinski definition) is 1. The third kappa shape index (κ3) is 5.76. The molecule has 0 fully saturated rings. The smallest absolute Gasteiger partial charge is 0.262 e. The molecule has 200 valence electrons. The van der Waals surface area contributed by atoms with Crippen molar-refractivity contribution in [3.63, 3.8) is 0 Å². The molecule has 1 aliphatic heterocycles. The molecule has 2 aromatic rings. The van der Waals surface area contributed by atoms with E-state index in [0.717, 1.165) is 17.2 Å². The van der Waals surface area contributed by atoms with Gasteiger partial charge in [0.05, 0.1) is 36.6 Å². The van der Waals surface area contributed by atoms with Crippen LogP contribution in [0.25, 0.3) is 0 Å². The van der Waals surface area contributed by atoms with Crippen LogP contribution < -0.4 is 14.8 Å². The zero-order valence-corrected chi connectivity index (χ0v) is 22.3. The van der Waals surface area contributed by atoms with Gasteiger partial charge < -0.3 is 14.8 Å². The Balaban J connectivity index is 2.19. The Labute approximate surface area is 215 Å². The lowest BCUT2D eigenvalue weighted by Crippen LogP contribution is -2.38. The zero-order valence-electron chi connectivity index (χ0n) is 21.5. The van der Waals surface area contributed by atoms with Crippen LogP contribution in [0.2, 0.25) is 0 Å². The molecule has 0 aliphatic carbocycles. The van der Waals surface area contributed by atoms with Crippen LogP contribution in [-0.2, 0) is 27.6 Å². The lowest BCUT2D eigenvalue weighted by atomic mass is 9.95. The van der Waals surface area contributed by atoms with Crippen LogP contribution in [0.15, 0.2) is 24.3 Å². The second kappa shape index (κ2) is 11.3. The average Bonchev–Trinajstić information content (AvgIpc) is 3.10. The summed E-state index contributed by atoms with van der Waals surface area (Å²) in [6.07, 6.45) is 1.33. The number of amides is 3. The highest BCUT2D eigenvalue weighted by Crippen LogP contribution is 2.39. The molecule has 0 saturated carbocycles. The number of fused-ring (bicyclic) bond motifs is 1. The first-order valence-corrected chi connectivity index (χ1v) is 14.0. The SMILES string of the molecule is CCOc1cc([C@@H](CS(C)(=O)=O)N2C(=O)c3c(CNC(=O)CC)cc(F)c(CC)c3C2=O)ccc1OC. The molecular formula is C26H31FN2O7S. The van der Waals surface area contributed by atoms with Crippen molar-refractivity contribution in [1.29, 1.82) is 0 Å². The van der Waals surface area contributed by atoms with E-state index >= 15 is 4.39 Å². The van der Waals surface area contributed by atoms with E-state index in [1.165, 1.54) is 13.2 Å². The van der Waals surface area contributed by atoms with Gasteiger partial charge in [0.2, 0.25) is 5.91 Å². The van der Waals surface area contributed by atoms with Gasteiger partial charge in [0.1, 0.15) is 15.7 Å². The van der Waals surface area contributed by atoms with Crippen molar-refractivity contribution in [2.45, 2.75) is 46.2 Å². The lowest BCUT2D eigenvalue weighted by molar-refractivity contribution is -0.120. The van der Waals surface area contributed by atoms with Gasteiger partial charge in [-0.25, -0.2) is 12.8 Å². The number of rotatable bonds is 11. The molecule has 37 heavy (non-hydrogen) atoms. The third-order valence-electron chi connectivity index (χ3n) is 6.12. The van der Waals surface area contributed by atoms with Gasteiger partial charge in [0, 0.05) is 24.8 Å². The summed E-state index contributed by atoms with van der Waals surface area (Å²) in [5.41, 5.74) is 0.407. The van der Waals surface area contributed by atoms with E-state index in [-0.39, 0.29) is 47.5 Å². The lowest BCUT2D eigenvalue weighted by Gasteiger charge is -2.27. The molecule has 3 amide bonds. The largest absolute Gasteiger partial charge is 0.493 e. The molecule has 1 atom stereocenters. The topological polar surface area (TPSA) is 119 Å². The van der Waals surface area contributed by atoms with Crippen molar-refractivity contribution in [2.75, 3.05) is 25.7 Å². The summed E-state index contributed by atoms with van der Waals surface area (Å²) in [5.74, 6) is -2.36. The van der Waals surface area contributed by atoms with Crippen molar-refractivity contribution in [2.24, 2.45) is 0 Å². The van der Waals surface area contributed by atoms with Crippen molar-refractivity contribution in [1.82, 2.24) is 10.2 Å². The minimum absolute atomic E-state index is 0.0308. The summed E-state index contributed by atoms with van der Waals surface area (Å²) in [7, 11) is -2.24. The van der Waals surface area contributed by atoms with Crippen LogP contribution >= 0.6 is 0 Å². The van der Waals surface area contributed by atoms with Crippen molar-refractivity contribution in [3.8, 4) is 11.5 Å². The Hall–Kier alpha value is -3.47. The number of halogens is 1. The summed E-state index contributed by atoms with van der Waals surface area (Å²) in [5, 5.41) is 2.61. The van der Waals surface area contributed by atoms with Gasteiger partial charge >= 0.3 is 0 Å². The number of imide groups is 1. The molecule has 3 rings (SSSR count). The van der Waals surface area contributed by atoms with Crippen LogP contribution in [0.5, 0.6) is 11.5 Å². The molecular weight excluding hydrogens is 503 g/mol. The normalized spacial score (nSPS) is 13.9. The first-order chi connectivity index (χ1) is 17.5. The van der Waals surface area contributed by atoms with E-state index < -0.39 is 39.3 Å². The maximum atomic E-state index is 15.0. The molecule has 0 spiro atoms. The van der Waals surface area contributed by atoms with E-state index in [1.54, 1.807) is 32.9 Å². The second-order valence-corrected chi connectivity index (χ2v) is 10.8. The monoisotopic (exact) mass is 534 g/mol. The Kier molecular flexibility index (Phi) is 8.57. The van der Waals surface area contributed by atoms with Crippen molar-refractivity contribution < 1.29 is 36.7 Å². The van der Waals surface area contributed by atoms with Crippen LogP contribution in [0.1, 0.15) is 70.6 Å². The molecule has 2 aromatic carbocycles. The number of methoxy groups -OCH3 is 1. The summed E-state index contributed by atoms with van der Waals surface area (Å²) in [4.78, 5) is 40.2. The molecule has 1 aliphatic rings. The number of sulfone groups is 1. The number of carbonyl (C=O) groups is 3. The quantitative estimate of drug-likeness (QED) is 0.440. The predicted molar refractivity (Wildman–Crippen MR) is 135 cm³/mol. The number of ether oxygens (including phenoxy) is 2. The summed E-state index contributed by atoms with van der Waals surface area (Å²) in [6, 6.07) is 4.60. The van der Waals surface area contributed by atoms with Crippen molar-refractivity contribution >= 4 is 27.6 Å². The van der Waals surface area contributed by atoms with Gasteiger partial charge in [0.15, 0.2) is 11.5 Å². The maximum absolute atomic E-state index is 15.0. The number of carbonyl (C=O) groups excluding carboxylic acids is 3. The highest BCUT2D eigenvalue weighted by Gasteiger charge is 2.45. The van der Waals surface area contributed by atoms with Crippen LogP contribution in [0.3, 0.4) is 0 Å². The van der Waals surface area contributed by atoms with E-state index in [4.69, 9.17) is 9.47 Å². The van der Waals surface area contributed by atoms with Gasteiger partial charge in [-0.15, -0.1) is 0 Å². The van der Waals surface area contributed by atoms with Crippen LogP contribution in [0.4, 0.5) is 4.39 Å². The van der Waals surface area contributed by atoms with E-state index in [9.17, 15) is 22.8 Å². The number of hydrogen-bond acceptors (Lipinski definition) is 7. The number of nitrogens with one attached hydrogen (secondary N) is 1.